The van der Waals surface area contributed by atoms with Crippen LogP contribution in [0.5, 0.6) is 0 Å². The third-order valence-corrected chi connectivity index (χ3v) is 5.25. The van der Waals surface area contributed by atoms with Crippen LogP contribution in [0, 0.1) is 11.3 Å². The fourth-order valence-corrected chi connectivity index (χ4v) is 3.82. The van der Waals surface area contributed by atoms with Gasteiger partial charge in [-0.3, -0.25) is 4.79 Å². The molecule has 118 valence electrons. The molecular formula is C16H27N3OS. The molecule has 1 amide bonds. The third-order valence-electron chi connectivity index (χ3n) is 4.47. The average molecular weight is 309 g/mol. The molecule has 1 saturated carbocycles. The van der Waals surface area contributed by atoms with Gasteiger partial charge in [-0.1, -0.05) is 27.2 Å². The molecule has 0 aromatic carbocycles. The Labute approximate surface area is 131 Å². The number of thiazole rings is 1. The topological polar surface area (TPSA) is 54.0 Å². The smallest absolute Gasteiger partial charge is 0.229 e. The zero-order valence-electron chi connectivity index (χ0n) is 13.5. The summed E-state index contributed by atoms with van der Waals surface area (Å²) in [4.78, 5) is 17.0. The Morgan fingerprint density at radius 3 is 2.95 bits per heavy atom. The van der Waals surface area contributed by atoms with Crippen molar-refractivity contribution in [2.75, 3.05) is 11.9 Å². The van der Waals surface area contributed by atoms with Gasteiger partial charge in [0.1, 0.15) is 0 Å². The van der Waals surface area contributed by atoms with Crippen LogP contribution in [0.2, 0.25) is 0 Å². The van der Waals surface area contributed by atoms with E-state index in [-0.39, 0.29) is 23.3 Å². The van der Waals surface area contributed by atoms with Gasteiger partial charge < -0.3 is 10.6 Å². The average Bonchev–Trinajstić information content (AvgIpc) is 3.02. The SMILES string of the molecule is CCCNC(C)c1csc(NC(=O)C2CCCC2(C)C)n1. The second-order valence-corrected chi connectivity index (χ2v) is 7.53. The van der Waals surface area contributed by atoms with Crippen molar-refractivity contribution in [2.24, 2.45) is 11.3 Å². The molecule has 1 heterocycles. The Bertz CT molecular complexity index is 484. The minimum absolute atomic E-state index is 0.111. The first-order chi connectivity index (χ1) is 9.94. The van der Waals surface area contributed by atoms with Crippen LogP contribution in [0.4, 0.5) is 5.13 Å². The number of carbonyl (C=O) groups excluding carboxylic acids is 1. The maximum atomic E-state index is 12.4. The van der Waals surface area contributed by atoms with Gasteiger partial charge in [0.25, 0.3) is 0 Å². The van der Waals surface area contributed by atoms with Crippen LogP contribution in [-0.2, 0) is 4.79 Å². The summed E-state index contributed by atoms with van der Waals surface area (Å²) in [5, 5.41) is 9.18. The van der Waals surface area contributed by atoms with Crippen LogP contribution in [0.15, 0.2) is 5.38 Å². The van der Waals surface area contributed by atoms with E-state index in [9.17, 15) is 4.79 Å². The summed E-state index contributed by atoms with van der Waals surface area (Å²) in [6.07, 6.45) is 4.37. The summed E-state index contributed by atoms with van der Waals surface area (Å²) in [7, 11) is 0. The molecule has 2 N–H and O–H groups in total. The van der Waals surface area contributed by atoms with Gasteiger partial charge in [0.15, 0.2) is 5.13 Å². The summed E-state index contributed by atoms with van der Waals surface area (Å²) in [5.41, 5.74) is 1.12. The molecule has 0 bridgehead atoms. The van der Waals surface area contributed by atoms with Crippen molar-refractivity contribution in [3.8, 4) is 0 Å². The quantitative estimate of drug-likeness (QED) is 0.836. The Morgan fingerprint density at radius 1 is 1.57 bits per heavy atom. The van der Waals surface area contributed by atoms with Gasteiger partial charge in [-0.25, -0.2) is 4.98 Å². The van der Waals surface area contributed by atoms with E-state index in [4.69, 9.17) is 0 Å². The number of carbonyl (C=O) groups is 1. The van der Waals surface area contributed by atoms with Gasteiger partial charge in [0.2, 0.25) is 5.91 Å². The van der Waals surface area contributed by atoms with Crippen molar-refractivity contribution in [3.63, 3.8) is 0 Å². The van der Waals surface area contributed by atoms with Crippen LogP contribution in [0.3, 0.4) is 0 Å². The number of hydrogen-bond donors (Lipinski definition) is 2. The van der Waals surface area contributed by atoms with E-state index in [1.165, 1.54) is 11.3 Å². The Hall–Kier alpha value is -0.940. The predicted molar refractivity (Wildman–Crippen MR) is 88.6 cm³/mol. The van der Waals surface area contributed by atoms with E-state index >= 15 is 0 Å². The molecule has 0 spiro atoms. The lowest BCUT2D eigenvalue weighted by molar-refractivity contribution is -0.122. The largest absolute Gasteiger partial charge is 0.309 e. The van der Waals surface area contributed by atoms with Crippen molar-refractivity contribution in [1.82, 2.24) is 10.3 Å². The van der Waals surface area contributed by atoms with Gasteiger partial charge in [0.05, 0.1) is 5.69 Å². The maximum absolute atomic E-state index is 12.4. The second kappa shape index (κ2) is 6.88. The summed E-state index contributed by atoms with van der Waals surface area (Å²) < 4.78 is 0. The first-order valence-electron chi connectivity index (χ1n) is 7.93. The molecule has 0 saturated heterocycles. The predicted octanol–water partition coefficient (Wildman–Crippen LogP) is 3.97. The Morgan fingerprint density at radius 2 is 2.33 bits per heavy atom. The van der Waals surface area contributed by atoms with Gasteiger partial charge in [-0.15, -0.1) is 11.3 Å². The fraction of sp³-hybridized carbons (Fsp3) is 0.750. The zero-order valence-corrected chi connectivity index (χ0v) is 14.3. The number of aromatic nitrogens is 1. The highest BCUT2D eigenvalue weighted by Crippen LogP contribution is 2.43. The molecule has 2 unspecified atom stereocenters. The Kier molecular flexibility index (Phi) is 5.38. The lowest BCUT2D eigenvalue weighted by Gasteiger charge is -2.25. The molecule has 1 aromatic heterocycles. The fourth-order valence-electron chi connectivity index (χ4n) is 3.01. The molecule has 21 heavy (non-hydrogen) atoms. The van der Waals surface area contributed by atoms with Gasteiger partial charge >= 0.3 is 0 Å². The van der Waals surface area contributed by atoms with E-state index in [0.29, 0.717) is 0 Å². The molecule has 2 rings (SSSR count). The van der Waals surface area contributed by atoms with Crippen molar-refractivity contribution in [1.29, 1.82) is 0 Å². The molecule has 2 atom stereocenters. The number of anilines is 1. The van der Waals surface area contributed by atoms with Crippen LogP contribution < -0.4 is 10.6 Å². The first kappa shape index (κ1) is 16.4. The minimum Gasteiger partial charge on any atom is -0.309 e. The van der Waals surface area contributed by atoms with E-state index in [1.54, 1.807) is 0 Å². The summed E-state index contributed by atoms with van der Waals surface area (Å²) in [5.74, 6) is 0.244. The molecule has 5 heteroatoms. The minimum atomic E-state index is 0.111. The molecule has 1 aliphatic rings. The highest BCUT2D eigenvalue weighted by molar-refractivity contribution is 7.13. The third kappa shape index (κ3) is 4.04. The second-order valence-electron chi connectivity index (χ2n) is 6.68. The lowest BCUT2D eigenvalue weighted by atomic mass is 9.81. The van der Waals surface area contributed by atoms with Crippen LogP contribution >= 0.6 is 11.3 Å². The van der Waals surface area contributed by atoms with Crippen LogP contribution in [0.1, 0.15) is 65.1 Å². The molecule has 4 nitrogen and oxygen atoms in total. The molecule has 0 radical (unpaired) electrons. The number of hydrogen-bond acceptors (Lipinski definition) is 4. The van der Waals surface area contributed by atoms with Crippen molar-refractivity contribution < 1.29 is 4.79 Å². The molecule has 1 fully saturated rings. The molecule has 0 aliphatic heterocycles. The number of nitrogens with zero attached hydrogens (tertiary/aromatic N) is 1. The highest BCUT2D eigenvalue weighted by Gasteiger charge is 2.39. The molecule has 1 aromatic rings. The number of amides is 1. The van der Waals surface area contributed by atoms with Crippen molar-refractivity contribution in [2.45, 2.75) is 59.4 Å². The summed E-state index contributed by atoms with van der Waals surface area (Å²) in [6, 6.07) is 0.231. The highest BCUT2D eigenvalue weighted by atomic mass is 32.1. The maximum Gasteiger partial charge on any atom is 0.229 e. The van der Waals surface area contributed by atoms with E-state index in [1.807, 2.05) is 5.38 Å². The zero-order chi connectivity index (χ0) is 15.5. The molecule has 1 aliphatic carbocycles. The van der Waals surface area contributed by atoms with Crippen LogP contribution in [-0.4, -0.2) is 17.4 Å². The van der Waals surface area contributed by atoms with Crippen LogP contribution in [0.25, 0.3) is 0 Å². The van der Waals surface area contributed by atoms with Gasteiger partial charge in [-0.05, 0) is 38.1 Å². The van der Waals surface area contributed by atoms with Gasteiger partial charge in [-0.2, -0.15) is 0 Å². The monoisotopic (exact) mass is 309 g/mol. The number of nitrogens with one attached hydrogen (secondary N) is 2. The normalized spacial score (nSPS) is 22.2. The summed E-state index contributed by atoms with van der Waals surface area (Å²) >= 11 is 1.52. The first-order valence-corrected chi connectivity index (χ1v) is 8.81. The summed E-state index contributed by atoms with van der Waals surface area (Å²) in [6.45, 7) is 9.62. The van der Waals surface area contributed by atoms with E-state index < -0.39 is 0 Å². The standard InChI is InChI=1S/C16H27N3OS/c1-5-9-17-11(2)13-10-21-15(18-13)19-14(20)12-7-6-8-16(12,3)4/h10-12,17H,5-9H2,1-4H3,(H,18,19,20). The van der Waals surface area contributed by atoms with E-state index in [2.05, 4.69) is 43.3 Å². The van der Waals surface area contributed by atoms with Gasteiger partial charge in [0, 0.05) is 17.3 Å². The Balaban J connectivity index is 1.94. The molecular weight excluding hydrogens is 282 g/mol. The van der Waals surface area contributed by atoms with Crippen molar-refractivity contribution >= 4 is 22.4 Å². The number of rotatable bonds is 6. The van der Waals surface area contributed by atoms with Crippen molar-refractivity contribution in [3.05, 3.63) is 11.1 Å². The lowest BCUT2D eigenvalue weighted by Crippen LogP contribution is -2.30. The van der Waals surface area contributed by atoms with E-state index in [0.717, 1.165) is 43.1 Å².